The maximum absolute atomic E-state index is 6.00. The van der Waals surface area contributed by atoms with Gasteiger partial charge in [-0.3, -0.25) is 0 Å². The number of fused-ring (bicyclic) bond motifs is 1. The Bertz CT molecular complexity index is 494. The first-order chi connectivity index (χ1) is 7.15. The molecule has 0 aromatic carbocycles. The molecule has 15 heavy (non-hydrogen) atoms. The molecule has 0 aliphatic carbocycles. The summed E-state index contributed by atoms with van der Waals surface area (Å²) in [6.07, 6.45) is 1.45. The molecule has 80 valence electrons. The monoisotopic (exact) mass is 226 g/mol. The van der Waals surface area contributed by atoms with Crippen LogP contribution in [-0.2, 0) is 7.05 Å². The summed E-state index contributed by atoms with van der Waals surface area (Å²) in [4.78, 5) is 12.5. The Morgan fingerprint density at radius 3 is 2.80 bits per heavy atom. The van der Waals surface area contributed by atoms with Gasteiger partial charge in [-0.05, 0) is 6.92 Å². The lowest BCUT2D eigenvalue weighted by Gasteiger charge is -2.01. The molecule has 1 atom stereocenters. The average Bonchev–Trinajstić information content (AvgIpc) is 2.56. The van der Waals surface area contributed by atoms with E-state index in [4.69, 9.17) is 16.3 Å². The highest BCUT2D eigenvalue weighted by Gasteiger charge is 2.16. The molecule has 1 unspecified atom stereocenters. The number of ether oxygens (including phenoxy) is 1. The second kappa shape index (κ2) is 3.66. The number of methoxy groups -OCH3 is 1. The fourth-order valence-corrected chi connectivity index (χ4v) is 1.70. The molecule has 0 amide bonds. The van der Waals surface area contributed by atoms with Gasteiger partial charge in [0.2, 0.25) is 5.88 Å². The van der Waals surface area contributed by atoms with Gasteiger partial charge in [0.15, 0.2) is 11.2 Å². The first-order valence-corrected chi connectivity index (χ1v) is 4.94. The number of imidazole rings is 1. The van der Waals surface area contributed by atoms with Crippen molar-refractivity contribution in [2.75, 3.05) is 7.11 Å². The second-order valence-corrected chi connectivity index (χ2v) is 3.85. The fourth-order valence-electron chi connectivity index (χ4n) is 1.50. The van der Waals surface area contributed by atoms with Crippen LogP contribution in [0.5, 0.6) is 5.88 Å². The van der Waals surface area contributed by atoms with Crippen molar-refractivity contribution >= 4 is 22.8 Å². The van der Waals surface area contributed by atoms with Crippen molar-refractivity contribution in [1.82, 2.24) is 19.5 Å². The lowest BCUT2D eigenvalue weighted by molar-refractivity contribution is 0.401. The molecule has 2 aromatic heterocycles. The summed E-state index contributed by atoms with van der Waals surface area (Å²) in [7, 11) is 3.43. The Hall–Kier alpha value is -1.36. The molecular formula is C9H11ClN4O. The van der Waals surface area contributed by atoms with Crippen LogP contribution < -0.4 is 4.74 Å². The van der Waals surface area contributed by atoms with Crippen LogP contribution >= 0.6 is 11.6 Å². The number of nitrogens with zero attached hydrogens (tertiary/aromatic N) is 4. The van der Waals surface area contributed by atoms with E-state index in [0.717, 1.165) is 11.5 Å². The van der Waals surface area contributed by atoms with Crippen LogP contribution in [0.2, 0.25) is 0 Å². The lowest BCUT2D eigenvalue weighted by atomic mass is 10.4. The van der Waals surface area contributed by atoms with E-state index in [9.17, 15) is 0 Å². The standard InChI is InChI=1S/C9H11ClN4O/c1-5(10)7-13-6-8(14(7)2)11-4-12-9(6)15-3/h4-5H,1-3H3. The molecule has 2 heterocycles. The van der Waals surface area contributed by atoms with Gasteiger partial charge in [0.1, 0.15) is 12.2 Å². The number of aryl methyl sites for hydroxylation is 1. The third-order valence-electron chi connectivity index (χ3n) is 2.21. The van der Waals surface area contributed by atoms with Gasteiger partial charge in [0.25, 0.3) is 0 Å². The SMILES string of the molecule is COc1ncnc2c1nc(C(C)Cl)n2C. The van der Waals surface area contributed by atoms with E-state index in [2.05, 4.69) is 15.0 Å². The topological polar surface area (TPSA) is 52.8 Å². The first-order valence-electron chi connectivity index (χ1n) is 4.50. The summed E-state index contributed by atoms with van der Waals surface area (Å²) < 4.78 is 6.95. The van der Waals surface area contributed by atoms with E-state index in [0.29, 0.717) is 11.4 Å². The van der Waals surface area contributed by atoms with Gasteiger partial charge < -0.3 is 9.30 Å². The van der Waals surface area contributed by atoms with Gasteiger partial charge >= 0.3 is 0 Å². The van der Waals surface area contributed by atoms with Crippen LogP contribution in [0.1, 0.15) is 18.1 Å². The largest absolute Gasteiger partial charge is 0.479 e. The van der Waals surface area contributed by atoms with E-state index in [1.807, 2.05) is 18.5 Å². The second-order valence-electron chi connectivity index (χ2n) is 3.20. The van der Waals surface area contributed by atoms with Crippen molar-refractivity contribution in [2.45, 2.75) is 12.3 Å². The fraction of sp³-hybridized carbons (Fsp3) is 0.444. The van der Waals surface area contributed by atoms with Crippen LogP contribution in [0.4, 0.5) is 0 Å². The molecule has 0 fully saturated rings. The van der Waals surface area contributed by atoms with E-state index in [1.54, 1.807) is 7.11 Å². The molecule has 5 nitrogen and oxygen atoms in total. The molecule has 2 aromatic rings. The average molecular weight is 227 g/mol. The van der Waals surface area contributed by atoms with Gasteiger partial charge in [-0.15, -0.1) is 11.6 Å². The van der Waals surface area contributed by atoms with Crippen molar-refractivity contribution in [3.8, 4) is 5.88 Å². The highest BCUT2D eigenvalue weighted by Crippen LogP contribution is 2.25. The Labute approximate surface area is 92.1 Å². The van der Waals surface area contributed by atoms with Crippen LogP contribution in [0, 0.1) is 0 Å². The molecular weight excluding hydrogens is 216 g/mol. The van der Waals surface area contributed by atoms with E-state index in [1.165, 1.54) is 6.33 Å². The number of aromatic nitrogens is 4. The number of hydrogen-bond donors (Lipinski definition) is 0. The molecule has 0 spiro atoms. The predicted molar refractivity (Wildman–Crippen MR) is 57.1 cm³/mol. The molecule has 0 aliphatic heterocycles. The minimum atomic E-state index is -0.172. The Kier molecular flexibility index (Phi) is 2.48. The van der Waals surface area contributed by atoms with Gasteiger partial charge in [-0.1, -0.05) is 0 Å². The molecule has 6 heteroatoms. The molecule has 0 saturated carbocycles. The van der Waals surface area contributed by atoms with E-state index >= 15 is 0 Å². The maximum Gasteiger partial charge on any atom is 0.245 e. The minimum Gasteiger partial charge on any atom is -0.479 e. The maximum atomic E-state index is 6.00. The van der Waals surface area contributed by atoms with Gasteiger partial charge in [0.05, 0.1) is 12.5 Å². The number of halogens is 1. The molecule has 2 rings (SSSR count). The van der Waals surface area contributed by atoms with Crippen molar-refractivity contribution < 1.29 is 4.74 Å². The molecule has 0 N–H and O–H groups in total. The summed E-state index contributed by atoms with van der Waals surface area (Å²) in [5.74, 6) is 1.23. The van der Waals surface area contributed by atoms with Gasteiger partial charge in [0, 0.05) is 7.05 Å². The van der Waals surface area contributed by atoms with Gasteiger partial charge in [-0.2, -0.15) is 4.98 Å². The normalized spacial score (nSPS) is 13.1. The minimum absolute atomic E-state index is 0.172. The number of hydrogen-bond acceptors (Lipinski definition) is 4. The Balaban J connectivity index is 2.75. The third-order valence-corrected chi connectivity index (χ3v) is 2.40. The van der Waals surface area contributed by atoms with E-state index < -0.39 is 0 Å². The number of alkyl halides is 1. The quantitative estimate of drug-likeness (QED) is 0.731. The Morgan fingerprint density at radius 1 is 1.47 bits per heavy atom. The molecule has 0 radical (unpaired) electrons. The molecule has 0 saturated heterocycles. The molecule has 0 bridgehead atoms. The predicted octanol–water partition coefficient (Wildman–Crippen LogP) is 1.67. The summed E-state index contributed by atoms with van der Waals surface area (Å²) in [6.45, 7) is 1.86. The third kappa shape index (κ3) is 1.52. The zero-order valence-electron chi connectivity index (χ0n) is 8.73. The van der Waals surface area contributed by atoms with E-state index in [-0.39, 0.29) is 5.38 Å². The summed E-state index contributed by atoms with van der Waals surface area (Å²) in [5, 5.41) is -0.172. The highest BCUT2D eigenvalue weighted by molar-refractivity contribution is 6.20. The first kappa shape index (κ1) is 10.2. The highest BCUT2D eigenvalue weighted by atomic mass is 35.5. The summed E-state index contributed by atoms with van der Waals surface area (Å²) in [6, 6.07) is 0. The van der Waals surface area contributed by atoms with Crippen molar-refractivity contribution in [1.29, 1.82) is 0 Å². The zero-order chi connectivity index (χ0) is 11.0. The van der Waals surface area contributed by atoms with Crippen LogP contribution in [0.15, 0.2) is 6.33 Å². The lowest BCUT2D eigenvalue weighted by Crippen LogP contribution is -1.98. The van der Waals surface area contributed by atoms with Crippen LogP contribution in [-0.4, -0.2) is 26.6 Å². The van der Waals surface area contributed by atoms with Crippen molar-refractivity contribution in [2.24, 2.45) is 7.05 Å². The van der Waals surface area contributed by atoms with Crippen LogP contribution in [0.25, 0.3) is 11.2 Å². The molecule has 0 aliphatic rings. The van der Waals surface area contributed by atoms with Crippen molar-refractivity contribution in [3.63, 3.8) is 0 Å². The smallest absolute Gasteiger partial charge is 0.245 e. The Morgan fingerprint density at radius 2 is 2.20 bits per heavy atom. The zero-order valence-corrected chi connectivity index (χ0v) is 9.49. The number of rotatable bonds is 2. The van der Waals surface area contributed by atoms with Crippen LogP contribution in [0.3, 0.4) is 0 Å². The summed E-state index contributed by atoms with van der Waals surface area (Å²) >= 11 is 6.00. The van der Waals surface area contributed by atoms with Gasteiger partial charge in [-0.25, -0.2) is 9.97 Å². The van der Waals surface area contributed by atoms with Crippen molar-refractivity contribution in [3.05, 3.63) is 12.2 Å². The summed E-state index contributed by atoms with van der Waals surface area (Å²) in [5.41, 5.74) is 1.37.